The molecule has 1 aliphatic rings. The van der Waals surface area contributed by atoms with Gasteiger partial charge in [-0.05, 0) is 56.4 Å². The van der Waals surface area contributed by atoms with E-state index in [9.17, 15) is 4.79 Å². The lowest BCUT2D eigenvalue weighted by Crippen LogP contribution is -2.28. The average molecular weight is 304 g/mol. The lowest BCUT2D eigenvalue weighted by molar-refractivity contribution is -0.147. The van der Waals surface area contributed by atoms with Crippen molar-refractivity contribution in [3.63, 3.8) is 0 Å². The van der Waals surface area contributed by atoms with Crippen LogP contribution in [0, 0.1) is 0 Å². The molecule has 0 amide bonds. The first-order chi connectivity index (χ1) is 10.4. The SMILES string of the molecule is C=C(C)C(=O)OC1CCC(OCc2cc(N)cc(N)c2)CC1. The first-order valence-corrected chi connectivity index (χ1v) is 7.57. The van der Waals surface area contributed by atoms with Crippen LogP contribution >= 0.6 is 0 Å². The lowest BCUT2D eigenvalue weighted by atomic mass is 9.95. The third kappa shape index (κ3) is 4.77. The van der Waals surface area contributed by atoms with Crippen molar-refractivity contribution in [1.29, 1.82) is 0 Å². The second-order valence-corrected chi connectivity index (χ2v) is 5.90. The maximum Gasteiger partial charge on any atom is 0.333 e. The fourth-order valence-electron chi connectivity index (χ4n) is 2.61. The Hall–Kier alpha value is -2.01. The van der Waals surface area contributed by atoms with E-state index < -0.39 is 0 Å². The lowest BCUT2D eigenvalue weighted by Gasteiger charge is -2.28. The highest BCUT2D eigenvalue weighted by atomic mass is 16.5. The topological polar surface area (TPSA) is 87.6 Å². The Kier molecular flexibility index (Phi) is 5.44. The fourth-order valence-corrected chi connectivity index (χ4v) is 2.61. The molecule has 0 atom stereocenters. The maximum atomic E-state index is 11.5. The Labute approximate surface area is 131 Å². The smallest absolute Gasteiger partial charge is 0.333 e. The van der Waals surface area contributed by atoms with Gasteiger partial charge in [0.05, 0.1) is 12.7 Å². The van der Waals surface area contributed by atoms with Gasteiger partial charge in [0, 0.05) is 16.9 Å². The number of nitrogen functional groups attached to an aromatic ring is 2. The summed E-state index contributed by atoms with van der Waals surface area (Å²) in [6, 6.07) is 5.47. The standard InChI is InChI=1S/C17H24N2O3/c1-11(2)17(20)22-16-5-3-15(4-6-16)21-10-12-7-13(18)9-14(19)8-12/h7-9,15-16H,1,3-6,10,18-19H2,2H3. The van der Waals surface area contributed by atoms with Crippen LogP contribution in [0.2, 0.25) is 0 Å². The van der Waals surface area contributed by atoms with E-state index >= 15 is 0 Å². The summed E-state index contributed by atoms with van der Waals surface area (Å²) >= 11 is 0. The summed E-state index contributed by atoms with van der Waals surface area (Å²) in [5.74, 6) is -0.306. The molecule has 5 nitrogen and oxygen atoms in total. The van der Waals surface area contributed by atoms with Crippen LogP contribution in [0.3, 0.4) is 0 Å². The first kappa shape index (κ1) is 16.4. The minimum Gasteiger partial charge on any atom is -0.459 e. The third-order valence-electron chi connectivity index (χ3n) is 3.77. The van der Waals surface area contributed by atoms with Crippen LogP contribution in [-0.4, -0.2) is 18.2 Å². The fraction of sp³-hybridized carbons (Fsp3) is 0.471. The van der Waals surface area contributed by atoms with Crippen molar-refractivity contribution in [3.05, 3.63) is 35.9 Å². The van der Waals surface area contributed by atoms with Gasteiger partial charge in [-0.3, -0.25) is 0 Å². The van der Waals surface area contributed by atoms with Crippen molar-refractivity contribution in [2.45, 2.75) is 51.4 Å². The van der Waals surface area contributed by atoms with Crippen molar-refractivity contribution in [3.8, 4) is 0 Å². The molecule has 0 bridgehead atoms. The predicted octanol–water partition coefficient (Wildman–Crippen LogP) is 2.80. The summed E-state index contributed by atoms with van der Waals surface area (Å²) in [7, 11) is 0. The van der Waals surface area contributed by atoms with Crippen molar-refractivity contribution in [2.75, 3.05) is 11.5 Å². The van der Waals surface area contributed by atoms with Crippen molar-refractivity contribution < 1.29 is 14.3 Å². The summed E-state index contributed by atoms with van der Waals surface area (Å²) in [5.41, 5.74) is 14.2. The van der Waals surface area contributed by atoms with Crippen molar-refractivity contribution in [2.24, 2.45) is 0 Å². The van der Waals surface area contributed by atoms with E-state index in [1.54, 1.807) is 13.0 Å². The second-order valence-electron chi connectivity index (χ2n) is 5.90. The third-order valence-corrected chi connectivity index (χ3v) is 3.77. The van der Waals surface area contributed by atoms with Crippen LogP contribution in [0.4, 0.5) is 11.4 Å². The Morgan fingerprint density at radius 3 is 2.23 bits per heavy atom. The summed E-state index contributed by atoms with van der Waals surface area (Å²) < 4.78 is 11.3. The normalized spacial score (nSPS) is 21.3. The minimum absolute atomic E-state index is 0.0212. The Morgan fingerprint density at radius 1 is 1.14 bits per heavy atom. The molecule has 120 valence electrons. The highest BCUT2D eigenvalue weighted by molar-refractivity contribution is 5.87. The number of nitrogens with two attached hydrogens (primary N) is 2. The van der Waals surface area contributed by atoms with Gasteiger partial charge in [0.25, 0.3) is 0 Å². The molecule has 1 saturated carbocycles. The van der Waals surface area contributed by atoms with Crippen LogP contribution in [-0.2, 0) is 20.9 Å². The molecule has 4 N–H and O–H groups in total. The number of hydrogen-bond donors (Lipinski definition) is 2. The van der Waals surface area contributed by atoms with Crippen LogP contribution in [0.5, 0.6) is 0 Å². The molecule has 1 aromatic rings. The molecule has 1 fully saturated rings. The van der Waals surface area contributed by atoms with Gasteiger partial charge in [0.1, 0.15) is 6.10 Å². The van der Waals surface area contributed by atoms with Gasteiger partial charge in [0.2, 0.25) is 0 Å². The van der Waals surface area contributed by atoms with E-state index in [0.717, 1.165) is 31.2 Å². The molecular weight excluding hydrogens is 280 g/mol. The minimum atomic E-state index is -0.306. The van der Waals surface area contributed by atoms with Crippen molar-refractivity contribution in [1.82, 2.24) is 0 Å². The maximum absolute atomic E-state index is 11.5. The first-order valence-electron chi connectivity index (χ1n) is 7.57. The number of anilines is 2. The van der Waals surface area contributed by atoms with Gasteiger partial charge < -0.3 is 20.9 Å². The summed E-state index contributed by atoms with van der Waals surface area (Å²) in [6.45, 7) is 5.75. The van der Waals surface area contributed by atoms with E-state index in [2.05, 4.69) is 6.58 Å². The number of benzene rings is 1. The molecule has 1 aliphatic carbocycles. The average Bonchev–Trinajstić information content (AvgIpc) is 2.45. The molecule has 0 aromatic heterocycles. The van der Waals surface area contributed by atoms with Crippen molar-refractivity contribution >= 4 is 17.3 Å². The number of rotatable bonds is 5. The Balaban J connectivity index is 1.75. The Morgan fingerprint density at radius 2 is 1.68 bits per heavy atom. The highest BCUT2D eigenvalue weighted by Gasteiger charge is 2.24. The van der Waals surface area contributed by atoms with Gasteiger partial charge in [-0.1, -0.05) is 6.58 Å². The highest BCUT2D eigenvalue weighted by Crippen LogP contribution is 2.25. The van der Waals surface area contributed by atoms with E-state index in [1.807, 2.05) is 12.1 Å². The monoisotopic (exact) mass is 304 g/mol. The molecular formula is C17H24N2O3. The Bertz CT molecular complexity index is 529. The van der Waals surface area contributed by atoms with Crippen LogP contribution in [0.1, 0.15) is 38.2 Å². The van der Waals surface area contributed by atoms with Crippen LogP contribution in [0.15, 0.2) is 30.4 Å². The number of hydrogen-bond acceptors (Lipinski definition) is 5. The molecule has 0 heterocycles. The number of esters is 1. The molecule has 0 saturated heterocycles. The molecule has 0 spiro atoms. The molecule has 1 aromatic carbocycles. The molecule has 22 heavy (non-hydrogen) atoms. The zero-order valence-electron chi connectivity index (χ0n) is 13.0. The van der Waals surface area contributed by atoms with Gasteiger partial charge in [-0.2, -0.15) is 0 Å². The zero-order chi connectivity index (χ0) is 16.1. The van der Waals surface area contributed by atoms with E-state index in [1.165, 1.54) is 0 Å². The summed E-state index contributed by atoms with van der Waals surface area (Å²) in [6.07, 6.45) is 3.57. The number of carbonyl (C=O) groups is 1. The molecule has 2 rings (SSSR count). The molecule has 0 aliphatic heterocycles. The van der Waals surface area contributed by atoms with Gasteiger partial charge in [-0.15, -0.1) is 0 Å². The van der Waals surface area contributed by atoms with E-state index in [4.69, 9.17) is 20.9 Å². The molecule has 0 unspecified atom stereocenters. The summed E-state index contributed by atoms with van der Waals surface area (Å²) in [4.78, 5) is 11.5. The zero-order valence-corrected chi connectivity index (χ0v) is 13.0. The van der Waals surface area contributed by atoms with E-state index in [0.29, 0.717) is 23.6 Å². The van der Waals surface area contributed by atoms with Crippen LogP contribution in [0.25, 0.3) is 0 Å². The molecule has 5 heteroatoms. The second kappa shape index (κ2) is 7.31. The van der Waals surface area contributed by atoms with Gasteiger partial charge in [0.15, 0.2) is 0 Å². The van der Waals surface area contributed by atoms with Gasteiger partial charge in [-0.25, -0.2) is 4.79 Å². The van der Waals surface area contributed by atoms with E-state index in [-0.39, 0.29) is 18.2 Å². The summed E-state index contributed by atoms with van der Waals surface area (Å²) in [5, 5.41) is 0. The number of carbonyl (C=O) groups excluding carboxylic acids is 1. The van der Waals surface area contributed by atoms with Crippen LogP contribution < -0.4 is 11.5 Å². The predicted molar refractivity (Wildman–Crippen MR) is 87.0 cm³/mol. The quantitative estimate of drug-likeness (QED) is 0.496. The number of ether oxygens (including phenoxy) is 2. The van der Waals surface area contributed by atoms with Gasteiger partial charge >= 0.3 is 5.97 Å². The largest absolute Gasteiger partial charge is 0.459 e. The molecule has 0 radical (unpaired) electrons.